The Hall–Kier alpha value is -8.77. The van der Waals surface area contributed by atoms with Crippen molar-refractivity contribution in [2.24, 2.45) is 4.99 Å². The Morgan fingerprint density at radius 2 is 0.942 bits per heavy atom. The number of allylic oxidation sites excluding steroid dienone is 1. The number of rotatable bonds is 5. The summed E-state index contributed by atoms with van der Waals surface area (Å²) in [6.07, 6.45) is 1.85. The number of nitrogens with zero attached hydrogens (tertiary/aromatic N) is 3. The van der Waals surface area contributed by atoms with Gasteiger partial charge in [-0.25, -0.2) is 0 Å². The van der Waals surface area contributed by atoms with E-state index in [1.54, 1.807) is 0 Å². The molecule has 14 aromatic rings. The number of benzene rings is 11. The highest BCUT2D eigenvalue weighted by Gasteiger charge is 2.27. The minimum Gasteiger partial charge on any atom is -0.359 e. The third-order valence-electron chi connectivity index (χ3n) is 14.5. The number of fused-ring (bicyclic) bond motifs is 12. The number of nitrogens with one attached hydrogen (secondary N) is 1. The van der Waals surface area contributed by atoms with Gasteiger partial charge in [-0.05, 0) is 105 Å². The van der Waals surface area contributed by atoms with E-state index in [1.165, 1.54) is 90.6 Å². The van der Waals surface area contributed by atoms with Crippen molar-refractivity contribution in [3.63, 3.8) is 0 Å². The van der Waals surface area contributed by atoms with Crippen LogP contribution in [0.5, 0.6) is 0 Å². The van der Waals surface area contributed by atoms with Crippen LogP contribution in [-0.4, -0.2) is 14.8 Å². The lowest BCUT2D eigenvalue weighted by atomic mass is 9.95. The lowest BCUT2D eigenvalue weighted by Crippen LogP contribution is -2.25. The van der Waals surface area contributed by atoms with Crippen molar-refractivity contribution in [1.29, 1.82) is 0 Å². The van der Waals surface area contributed by atoms with Crippen molar-refractivity contribution in [2.45, 2.75) is 6.17 Å². The van der Waals surface area contributed by atoms with Gasteiger partial charge in [0, 0.05) is 75.5 Å². The van der Waals surface area contributed by atoms with Gasteiger partial charge in [0.25, 0.3) is 0 Å². The van der Waals surface area contributed by atoms with Crippen molar-refractivity contribution in [3.8, 4) is 11.4 Å². The molecule has 1 aliphatic rings. The van der Waals surface area contributed by atoms with Crippen LogP contribution in [0.2, 0.25) is 0 Å². The first kappa shape index (κ1) is 38.3. The van der Waals surface area contributed by atoms with Gasteiger partial charge in [-0.1, -0.05) is 158 Å². The smallest absolute Gasteiger partial charge is 0.146 e. The Bertz CT molecular complexity index is 4430. The highest BCUT2D eigenvalue weighted by atomic mass is 32.1. The van der Waals surface area contributed by atoms with Crippen LogP contribution in [0.3, 0.4) is 0 Å². The maximum atomic E-state index is 5.83. The number of para-hydroxylation sites is 2. The fourth-order valence-corrected chi connectivity index (χ4v) is 12.6. The summed E-state index contributed by atoms with van der Waals surface area (Å²) in [5.74, 6) is 0. The fourth-order valence-electron chi connectivity index (χ4n) is 11.4. The molecule has 0 radical (unpaired) electrons. The van der Waals surface area contributed by atoms with Crippen molar-refractivity contribution in [1.82, 2.24) is 14.5 Å². The van der Waals surface area contributed by atoms with Crippen LogP contribution >= 0.6 is 11.3 Å². The first-order valence-electron chi connectivity index (χ1n) is 23.6. The fraction of sp³-hybridized carbons (Fsp3) is 0.0156. The molecule has 0 saturated heterocycles. The van der Waals surface area contributed by atoms with E-state index < -0.39 is 6.17 Å². The molecule has 322 valence electrons. The lowest BCUT2D eigenvalue weighted by Gasteiger charge is -2.27. The summed E-state index contributed by atoms with van der Waals surface area (Å²) in [5, 5.41) is 18.8. The Morgan fingerprint density at radius 3 is 1.70 bits per heavy atom. The molecular formula is C64H40N4S. The van der Waals surface area contributed by atoms with E-state index in [2.05, 4.69) is 245 Å². The molecule has 1 N–H and O–H groups in total. The highest BCUT2D eigenvalue weighted by molar-refractivity contribution is 7.25. The number of thiophene rings is 1. The summed E-state index contributed by atoms with van der Waals surface area (Å²) in [6.45, 7) is 0. The summed E-state index contributed by atoms with van der Waals surface area (Å²) in [7, 11) is 0. The zero-order chi connectivity index (χ0) is 45.2. The molecule has 0 aliphatic carbocycles. The molecule has 0 bridgehead atoms. The minimum atomic E-state index is -0.438. The van der Waals surface area contributed by atoms with Crippen LogP contribution in [0.15, 0.2) is 236 Å². The minimum absolute atomic E-state index is 0.438. The van der Waals surface area contributed by atoms with Gasteiger partial charge < -0.3 is 14.5 Å². The topological polar surface area (TPSA) is 34.2 Å². The summed E-state index contributed by atoms with van der Waals surface area (Å²) in [6, 6.07) is 82.3. The summed E-state index contributed by atoms with van der Waals surface area (Å²) in [5.41, 5.74) is 12.3. The predicted octanol–water partition coefficient (Wildman–Crippen LogP) is 16.8. The number of hydrogen-bond donors (Lipinski definition) is 1. The van der Waals surface area contributed by atoms with E-state index in [0.29, 0.717) is 0 Å². The summed E-state index contributed by atoms with van der Waals surface area (Å²) < 4.78 is 7.39. The Kier molecular flexibility index (Phi) is 8.26. The van der Waals surface area contributed by atoms with Gasteiger partial charge in [0.05, 0.1) is 27.8 Å². The highest BCUT2D eigenvalue weighted by Crippen LogP contribution is 2.45. The van der Waals surface area contributed by atoms with Gasteiger partial charge in [0.1, 0.15) is 6.17 Å². The Balaban J connectivity index is 1.02. The summed E-state index contributed by atoms with van der Waals surface area (Å²) in [4.78, 5) is 5.83. The van der Waals surface area contributed by atoms with Crippen molar-refractivity contribution in [2.75, 3.05) is 0 Å². The van der Waals surface area contributed by atoms with Gasteiger partial charge in [-0.2, -0.15) is 0 Å². The molecule has 1 aliphatic heterocycles. The molecule has 0 fully saturated rings. The van der Waals surface area contributed by atoms with Crippen LogP contribution in [0.25, 0.3) is 113 Å². The van der Waals surface area contributed by atoms with E-state index in [-0.39, 0.29) is 0 Å². The molecule has 15 rings (SSSR count). The van der Waals surface area contributed by atoms with Gasteiger partial charge in [-0.3, -0.25) is 4.99 Å². The van der Waals surface area contributed by atoms with Crippen molar-refractivity contribution < 1.29 is 0 Å². The molecule has 0 amide bonds. The van der Waals surface area contributed by atoms with Crippen molar-refractivity contribution >= 4 is 119 Å². The molecule has 3 aromatic heterocycles. The maximum Gasteiger partial charge on any atom is 0.146 e. The van der Waals surface area contributed by atoms with E-state index in [0.717, 1.165) is 45.0 Å². The molecule has 69 heavy (non-hydrogen) atoms. The number of aromatic nitrogens is 2. The second kappa shape index (κ2) is 14.9. The molecule has 5 heteroatoms. The molecule has 4 nitrogen and oxygen atoms in total. The predicted molar refractivity (Wildman–Crippen MR) is 294 cm³/mol. The van der Waals surface area contributed by atoms with E-state index in [1.807, 2.05) is 11.3 Å². The molecule has 1 unspecified atom stereocenters. The van der Waals surface area contributed by atoms with Crippen LogP contribution in [0.1, 0.15) is 22.9 Å². The van der Waals surface area contributed by atoms with Crippen LogP contribution in [0.4, 0.5) is 0 Å². The van der Waals surface area contributed by atoms with E-state index in [4.69, 9.17) is 4.99 Å². The third kappa shape index (κ3) is 5.84. The molecule has 1 atom stereocenters. The van der Waals surface area contributed by atoms with Crippen LogP contribution < -0.4 is 5.32 Å². The monoisotopic (exact) mass is 896 g/mol. The lowest BCUT2D eigenvalue weighted by molar-refractivity contribution is 0.670. The quantitative estimate of drug-likeness (QED) is 0.183. The normalized spacial score (nSPS) is 14.2. The summed E-state index contributed by atoms with van der Waals surface area (Å²) >= 11 is 1.86. The van der Waals surface area contributed by atoms with Gasteiger partial charge in [-0.15, -0.1) is 11.3 Å². The van der Waals surface area contributed by atoms with Gasteiger partial charge in [0.2, 0.25) is 0 Å². The van der Waals surface area contributed by atoms with E-state index in [9.17, 15) is 0 Å². The van der Waals surface area contributed by atoms with Crippen LogP contribution in [-0.2, 0) is 0 Å². The molecule has 4 heterocycles. The standard InChI is InChI=1S/C64H40N4S/c1-2-22-44(23-3-1)67-56-29-12-10-25-49(56)62-48(28-15-30-57(62)67)55-38-54(47-27-14-21-39-16-8-9-24-46(39)47)65-64(66-55)53-36-45(37-61-63(53)50-26-11-13-31-60(50)69-61)68-58-34-42-19-6-4-17-40(42)32-51(58)52-33-41-18-5-7-20-43(41)35-59(52)68/h1-38,64,66H. The third-order valence-corrected chi connectivity index (χ3v) is 15.6. The Labute approximate surface area is 400 Å². The second-order valence-corrected chi connectivity index (χ2v) is 19.4. The van der Waals surface area contributed by atoms with E-state index >= 15 is 0 Å². The first-order valence-corrected chi connectivity index (χ1v) is 24.5. The molecule has 0 spiro atoms. The van der Waals surface area contributed by atoms with Crippen LogP contribution in [0, 0.1) is 0 Å². The second-order valence-electron chi connectivity index (χ2n) is 18.3. The van der Waals surface area contributed by atoms with Gasteiger partial charge in [0.15, 0.2) is 0 Å². The Morgan fingerprint density at radius 1 is 0.377 bits per heavy atom. The number of aliphatic imine (C=N–C) groups is 1. The average molecular weight is 897 g/mol. The number of hydrogen-bond acceptors (Lipinski definition) is 3. The molecule has 0 saturated carbocycles. The zero-order valence-electron chi connectivity index (χ0n) is 37.3. The van der Waals surface area contributed by atoms with Crippen molar-refractivity contribution in [3.05, 3.63) is 247 Å². The largest absolute Gasteiger partial charge is 0.359 e. The average Bonchev–Trinajstić information content (AvgIpc) is 4.06. The molecule has 11 aromatic carbocycles. The maximum absolute atomic E-state index is 5.83. The zero-order valence-corrected chi connectivity index (χ0v) is 38.1. The van der Waals surface area contributed by atoms with Gasteiger partial charge >= 0.3 is 0 Å². The molecular weight excluding hydrogens is 857 g/mol. The first-order chi connectivity index (χ1) is 34.2. The SMILES string of the molecule is C1=C(c2cccc3c2c2ccccc2n3-c2ccccc2)NC(c2cc(-n3c4cc5ccccc5cc4c4cc5ccccc5cc43)cc3sc4ccccc4c23)N=C1c1cccc2ccccc12.